The van der Waals surface area contributed by atoms with Crippen LogP contribution in [0.5, 0.6) is 0 Å². The van der Waals surface area contributed by atoms with Crippen LogP contribution in [0.4, 0.5) is 0 Å². The van der Waals surface area contributed by atoms with Crippen molar-refractivity contribution in [3.8, 4) is 11.1 Å². The molecule has 9 heteroatoms. The van der Waals surface area contributed by atoms with Gasteiger partial charge in [0.15, 0.2) is 0 Å². The normalized spacial score (nSPS) is 16.3. The predicted octanol–water partition coefficient (Wildman–Crippen LogP) is 2.96. The van der Waals surface area contributed by atoms with E-state index in [1.807, 2.05) is 12.1 Å². The van der Waals surface area contributed by atoms with Gasteiger partial charge in [0.2, 0.25) is 10.0 Å². The van der Waals surface area contributed by atoms with E-state index in [1.54, 1.807) is 23.1 Å². The highest BCUT2D eigenvalue weighted by Gasteiger charge is 2.34. The van der Waals surface area contributed by atoms with Crippen LogP contribution >= 0.6 is 0 Å². The Morgan fingerprint density at radius 2 is 1.67 bits per heavy atom. The van der Waals surface area contributed by atoms with Crippen molar-refractivity contribution >= 4 is 27.0 Å². The Morgan fingerprint density at radius 1 is 1.06 bits per heavy atom. The maximum absolute atomic E-state index is 13.0. The molecule has 0 bridgehead atoms. The lowest BCUT2D eigenvalue weighted by molar-refractivity contribution is -0.0311. The van der Waals surface area contributed by atoms with Gasteiger partial charge in [-0.05, 0) is 48.9 Å². The first kappa shape index (κ1) is 23.3. The van der Waals surface area contributed by atoms with E-state index in [4.69, 9.17) is 5.14 Å². The van der Waals surface area contributed by atoms with Crippen LogP contribution < -0.4 is 5.14 Å². The van der Waals surface area contributed by atoms with Crippen molar-refractivity contribution in [2.75, 3.05) is 13.1 Å². The molecule has 2 heterocycles. The van der Waals surface area contributed by atoms with Crippen molar-refractivity contribution in [1.29, 1.82) is 0 Å². The van der Waals surface area contributed by atoms with Gasteiger partial charge < -0.3 is 10.0 Å². The monoisotopic (exact) mass is 468 g/mol. The molecule has 3 aromatic rings. The van der Waals surface area contributed by atoms with E-state index in [0.717, 1.165) is 12.0 Å². The number of hydrogen-bond donors (Lipinski definition) is 2. The van der Waals surface area contributed by atoms with E-state index in [2.05, 4.69) is 23.8 Å². The third-order valence-corrected chi connectivity index (χ3v) is 7.05. The van der Waals surface area contributed by atoms with E-state index in [0.29, 0.717) is 48.5 Å². The summed E-state index contributed by atoms with van der Waals surface area (Å²) in [6, 6.07) is 10.2. The second kappa shape index (κ2) is 8.81. The van der Waals surface area contributed by atoms with Gasteiger partial charge in [0.1, 0.15) is 10.4 Å². The predicted molar refractivity (Wildman–Crippen MR) is 126 cm³/mol. The molecule has 3 N–H and O–H groups in total. The molecule has 1 aromatic heterocycles. The smallest absolute Gasteiger partial charge is 0.253 e. The highest BCUT2D eigenvalue weighted by atomic mass is 32.2. The van der Waals surface area contributed by atoms with Gasteiger partial charge in [-0.25, -0.2) is 13.6 Å². The van der Waals surface area contributed by atoms with Gasteiger partial charge in [0, 0.05) is 36.6 Å². The number of sulfonamides is 1. The Hall–Kier alpha value is -2.88. The molecule has 0 aliphatic carbocycles. The van der Waals surface area contributed by atoms with E-state index in [1.165, 1.54) is 18.5 Å². The minimum Gasteiger partial charge on any atom is -0.390 e. The van der Waals surface area contributed by atoms with E-state index >= 15 is 0 Å². The van der Waals surface area contributed by atoms with Gasteiger partial charge in [-0.3, -0.25) is 14.8 Å². The number of nitrogens with two attached hydrogens (primary N) is 1. The maximum Gasteiger partial charge on any atom is 0.253 e. The average molecular weight is 469 g/mol. The minimum absolute atomic E-state index is 0.0673. The largest absolute Gasteiger partial charge is 0.390 e. The Labute approximate surface area is 193 Å². The number of benzene rings is 2. The molecule has 174 valence electrons. The zero-order chi connectivity index (χ0) is 23.8. The number of likely N-dealkylation sites (tertiary alicyclic amines) is 1. The molecule has 0 spiro atoms. The second-order valence-electron chi connectivity index (χ2n) is 9.10. The average Bonchev–Trinajstić information content (AvgIpc) is 2.77. The van der Waals surface area contributed by atoms with Crippen molar-refractivity contribution in [2.24, 2.45) is 11.1 Å². The second-order valence-corrected chi connectivity index (χ2v) is 10.6. The maximum atomic E-state index is 13.0. The molecular formula is C24H28N4O4S. The first-order chi connectivity index (χ1) is 15.6. The molecular weight excluding hydrogens is 440 g/mol. The Kier molecular flexibility index (Phi) is 6.22. The summed E-state index contributed by atoms with van der Waals surface area (Å²) >= 11 is 0. The highest BCUT2D eigenvalue weighted by molar-refractivity contribution is 7.89. The third-order valence-electron chi connectivity index (χ3n) is 6.11. The van der Waals surface area contributed by atoms with Crippen molar-refractivity contribution in [3.05, 3.63) is 54.4 Å². The molecule has 4 rings (SSSR count). The van der Waals surface area contributed by atoms with Gasteiger partial charge in [-0.2, -0.15) is 0 Å². The van der Waals surface area contributed by atoms with Crippen LogP contribution in [0, 0.1) is 5.92 Å². The minimum atomic E-state index is -3.94. The zero-order valence-electron chi connectivity index (χ0n) is 18.7. The fraction of sp³-hybridized carbons (Fsp3) is 0.375. The van der Waals surface area contributed by atoms with Gasteiger partial charge >= 0.3 is 0 Å². The summed E-state index contributed by atoms with van der Waals surface area (Å²) in [7, 11) is -3.94. The number of piperidine rings is 1. The summed E-state index contributed by atoms with van der Waals surface area (Å²) in [4.78, 5) is 23.2. The van der Waals surface area contributed by atoms with E-state index in [-0.39, 0.29) is 16.3 Å². The standard InChI is InChI=1S/C24H28N4O4S/c1-16(2)15-24(30)9-13-28(14-10-24)23(29)18-5-3-17(4-6-18)19-7-8-20(33(25,31)32)22-21(19)26-11-12-27-22/h3-8,11-12,16,30H,9-10,13-15H2,1-2H3,(H2,25,31,32). The highest BCUT2D eigenvalue weighted by Crippen LogP contribution is 2.31. The molecule has 1 aliphatic rings. The zero-order valence-corrected chi connectivity index (χ0v) is 19.5. The summed E-state index contributed by atoms with van der Waals surface area (Å²) in [6.07, 6.45) is 4.81. The number of primary sulfonamides is 1. The van der Waals surface area contributed by atoms with Crippen LogP contribution in [0.1, 0.15) is 43.5 Å². The van der Waals surface area contributed by atoms with Crippen molar-refractivity contribution in [2.45, 2.75) is 43.6 Å². The van der Waals surface area contributed by atoms with Gasteiger partial charge in [-0.1, -0.05) is 32.0 Å². The molecule has 33 heavy (non-hydrogen) atoms. The molecule has 1 aliphatic heterocycles. The number of hydrogen-bond acceptors (Lipinski definition) is 6. The van der Waals surface area contributed by atoms with Gasteiger partial charge in [-0.15, -0.1) is 0 Å². The number of carbonyl (C=O) groups excluding carboxylic acids is 1. The SMILES string of the molecule is CC(C)CC1(O)CCN(C(=O)c2ccc(-c3ccc(S(N)(=O)=O)c4nccnc34)cc2)CC1. The molecule has 1 fully saturated rings. The Bertz CT molecular complexity index is 1280. The molecule has 8 nitrogen and oxygen atoms in total. The fourth-order valence-corrected chi connectivity index (χ4v) is 5.24. The first-order valence-corrected chi connectivity index (χ1v) is 12.5. The van der Waals surface area contributed by atoms with Crippen molar-refractivity contribution in [1.82, 2.24) is 14.9 Å². The van der Waals surface area contributed by atoms with E-state index in [9.17, 15) is 18.3 Å². The number of carbonyl (C=O) groups is 1. The number of amides is 1. The summed E-state index contributed by atoms with van der Waals surface area (Å²) < 4.78 is 23.8. The number of fused-ring (bicyclic) bond motifs is 1. The fourth-order valence-electron chi connectivity index (χ4n) is 4.56. The summed E-state index contributed by atoms with van der Waals surface area (Å²) in [6.45, 7) is 5.24. The quantitative estimate of drug-likeness (QED) is 0.593. The number of aromatic nitrogens is 2. The van der Waals surface area contributed by atoms with Crippen LogP contribution in [0.25, 0.3) is 22.2 Å². The van der Waals surface area contributed by atoms with Gasteiger partial charge in [0.05, 0.1) is 11.1 Å². The number of rotatable bonds is 5. The van der Waals surface area contributed by atoms with Crippen LogP contribution in [0.15, 0.2) is 53.7 Å². The van der Waals surface area contributed by atoms with Crippen LogP contribution in [0.3, 0.4) is 0 Å². The Balaban J connectivity index is 1.56. The van der Waals surface area contributed by atoms with E-state index < -0.39 is 15.6 Å². The van der Waals surface area contributed by atoms with Crippen LogP contribution in [-0.4, -0.2) is 53.0 Å². The molecule has 1 amide bonds. The molecule has 0 saturated carbocycles. The van der Waals surface area contributed by atoms with Crippen LogP contribution in [0.2, 0.25) is 0 Å². The van der Waals surface area contributed by atoms with Crippen molar-refractivity contribution in [3.63, 3.8) is 0 Å². The lowest BCUT2D eigenvalue weighted by Crippen LogP contribution is -2.47. The molecule has 1 saturated heterocycles. The molecule has 2 aromatic carbocycles. The van der Waals surface area contributed by atoms with Crippen LogP contribution in [-0.2, 0) is 10.0 Å². The number of nitrogens with zero attached hydrogens (tertiary/aromatic N) is 3. The topological polar surface area (TPSA) is 126 Å². The summed E-state index contributed by atoms with van der Waals surface area (Å²) in [5, 5.41) is 16.1. The van der Waals surface area contributed by atoms with Gasteiger partial charge in [0.25, 0.3) is 5.91 Å². The summed E-state index contributed by atoms with van der Waals surface area (Å²) in [5.41, 5.74) is 1.97. The van der Waals surface area contributed by atoms with Crippen molar-refractivity contribution < 1.29 is 18.3 Å². The lowest BCUT2D eigenvalue weighted by Gasteiger charge is -2.39. The summed E-state index contributed by atoms with van der Waals surface area (Å²) in [5.74, 6) is 0.340. The molecule has 0 radical (unpaired) electrons. The Morgan fingerprint density at radius 3 is 2.24 bits per heavy atom. The molecule has 0 atom stereocenters. The first-order valence-electron chi connectivity index (χ1n) is 11.0. The number of aliphatic hydroxyl groups is 1. The molecule has 0 unspecified atom stereocenters. The third kappa shape index (κ3) is 4.90. The lowest BCUT2D eigenvalue weighted by atomic mass is 9.84.